The molecule has 2 aromatic carbocycles. The van der Waals surface area contributed by atoms with Gasteiger partial charge in [0.05, 0.1) is 12.7 Å². The van der Waals surface area contributed by atoms with Crippen LogP contribution in [0.5, 0.6) is 11.5 Å². The summed E-state index contributed by atoms with van der Waals surface area (Å²) in [7, 11) is 1.75. The topological polar surface area (TPSA) is 18.5 Å². The van der Waals surface area contributed by atoms with E-state index >= 15 is 0 Å². The molecule has 2 heteroatoms. The van der Waals surface area contributed by atoms with Crippen molar-refractivity contribution in [2.24, 2.45) is 0 Å². The summed E-state index contributed by atoms with van der Waals surface area (Å²) in [6.07, 6.45) is 4.81. The molecule has 116 valence electrons. The highest BCUT2D eigenvalue weighted by molar-refractivity contribution is 5.81. The van der Waals surface area contributed by atoms with Gasteiger partial charge in [0.15, 0.2) is 0 Å². The molecule has 0 radical (unpaired) electrons. The fourth-order valence-electron chi connectivity index (χ4n) is 3.11. The summed E-state index contributed by atoms with van der Waals surface area (Å²) in [4.78, 5) is 0. The van der Waals surface area contributed by atoms with Crippen LogP contribution in [-0.4, -0.2) is 7.11 Å². The van der Waals surface area contributed by atoms with Gasteiger partial charge in [0.25, 0.3) is 0 Å². The van der Waals surface area contributed by atoms with E-state index in [1.54, 1.807) is 7.11 Å². The Labute approximate surface area is 133 Å². The third-order valence-corrected chi connectivity index (χ3v) is 4.33. The Bertz CT molecular complexity index is 656. The Morgan fingerprint density at radius 3 is 2.77 bits per heavy atom. The minimum absolute atomic E-state index is 0.643. The van der Waals surface area contributed by atoms with Crippen LogP contribution in [0.1, 0.15) is 42.9 Å². The molecule has 0 amide bonds. The number of hydrogen-bond acceptors (Lipinski definition) is 2. The van der Waals surface area contributed by atoms with Gasteiger partial charge < -0.3 is 9.47 Å². The fourth-order valence-corrected chi connectivity index (χ4v) is 3.11. The summed E-state index contributed by atoms with van der Waals surface area (Å²) < 4.78 is 11.7. The molecule has 0 unspecified atom stereocenters. The van der Waals surface area contributed by atoms with Gasteiger partial charge in [-0.3, -0.25) is 0 Å². The molecule has 0 spiro atoms. The van der Waals surface area contributed by atoms with E-state index < -0.39 is 0 Å². The summed E-state index contributed by atoms with van der Waals surface area (Å²) >= 11 is 0. The Hall–Kier alpha value is -1.96. The van der Waals surface area contributed by atoms with Crippen molar-refractivity contribution in [3.63, 3.8) is 0 Å². The number of ether oxygens (including phenoxy) is 2. The molecule has 0 atom stereocenters. The third kappa shape index (κ3) is 2.83. The maximum atomic E-state index is 6.00. The lowest BCUT2D eigenvalue weighted by Gasteiger charge is -2.24. The van der Waals surface area contributed by atoms with Crippen molar-refractivity contribution >= 4 is 0 Å². The lowest BCUT2D eigenvalue weighted by Crippen LogP contribution is -2.07. The quantitative estimate of drug-likeness (QED) is 0.697. The standard InChI is InChI=1S/C20H24O2/c1-4-5-6-7-15-11-18(21-3)20-17-10-14(2)8-9-16(17)13-22-19(20)12-15/h8-12H,4-7,13H2,1-3H3. The first-order valence-corrected chi connectivity index (χ1v) is 8.16. The number of fused-ring (bicyclic) bond motifs is 3. The van der Waals surface area contributed by atoms with Gasteiger partial charge in [-0.15, -0.1) is 0 Å². The third-order valence-electron chi connectivity index (χ3n) is 4.33. The lowest BCUT2D eigenvalue weighted by molar-refractivity contribution is 0.299. The van der Waals surface area contributed by atoms with E-state index in [1.165, 1.54) is 41.5 Å². The molecule has 0 saturated carbocycles. The van der Waals surface area contributed by atoms with Gasteiger partial charge in [0.2, 0.25) is 0 Å². The molecule has 2 aromatic rings. The van der Waals surface area contributed by atoms with Gasteiger partial charge in [-0.05, 0) is 48.6 Å². The Morgan fingerprint density at radius 2 is 2.00 bits per heavy atom. The number of aryl methyl sites for hydroxylation is 2. The van der Waals surface area contributed by atoms with Crippen LogP contribution >= 0.6 is 0 Å². The molecule has 1 aliphatic heterocycles. The number of rotatable bonds is 5. The Balaban J connectivity index is 2.03. The predicted molar refractivity (Wildman–Crippen MR) is 90.7 cm³/mol. The minimum atomic E-state index is 0.643. The maximum absolute atomic E-state index is 6.00. The molecule has 0 aromatic heterocycles. The summed E-state index contributed by atoms with van der Waals surface area (Å²) in [5.41, 5.74) is 6.15. The molecule has 22 heavy (non-hydrogen) atoms. The average molecular weight is 296 g/mol. The summed E-state index contributed by atoms with van der Waals surface area (Å²) in [6, 6.07) is 10.9. The van der Waals surface area contributed by atoms with E-state index in [9.17, 15) is 0 Å². The van der Waals surface area contributed by atoms with Crippen LogP contribution in [0.25, 0.3) is 11.1 Å². The zero-order chi connectivity index (χ0) is 15.5. The summed E-state index contributed by atoms with van der Waals surface area (Å²) in [5.74, 6) is 1.89. The van der Waals surface area contributed by atoms with Crippen LogP contribution < -0.4 is 9.47 Å². The summed E-state index contributed by atoms with van der Waals surface area (Å²) in [5, 5.41) is 0. The molecule has 0 bridgehead atoms. The second-order valence-corrected chi connectivity index (χ2v) is 6.08. The Morgan fingerprint density at radius 1 is 1.14 bits per heavy atom. The first kappa shape index (κ1) is 15.0. The minimum Gasteiger partial charge on any atom is -0.496 e. The van der Waals surface area contributed by atoms with Crippen molar-refractivity contribution in [3.05, 3.63) is 47.0 Å². The molecule has 3 rings (SSSR count). The van der Waals surface area contributed by atoms with E-state index in [1.807, 2.05) is 0 Å². The van der Waals surface area contributed by atoms with E-state index in [-0.39, 0.29) is 0 Å². The molecule has 0 fully saturated rings. The van der Waals surface area contributed by atoms with Gasteiger partial charge in [-0.1, -0.05) is 43.5 Å². The van der Waals surface area contributed by atoms with Crippen LogP contribution in [0.15, 0.2) is 30.3 Å². The average Bonchev–Trinajstić information content (AvgIpc) is 2.54. The lowest BCUT2D eigenvalue weighted by atomic mass is 9.92. The monoisotopic (exact) mass is 296 g/mol. The van der Waals surface area contributed by atoms with Crippen LogP contribution in [-0.2, 0) is 13.0 Å². The van der Waals surface area contributed by atoms with Gasteiger partial charge >= 0.3 is 0 Å². The van der Waals surface area contributed by atoms with Crippen molar-refractivity contribution in [1.29, 1.82) is 0 Å². The maximum Gasteiger partial charge on any atom is 0.131 e. The van der Waals surface area contributed by atoms with E-state index in [0.29, 0.717) is 6.61 Å². The highest BCUT2D eigenvalue weighted by Crippen LogP contribution is 2.45. The molecule has 1 heterocycles. The second-order valence-electron chi connectivity index (χ2n) is 6.08. The molecule has 0 N–H and O–H groups in total. The van der Waals surface area contributed by atoms with Gasteiger partial charge in [-0.25, -0.2) is 0 Å². The van der Waals surface area contributed by atoms with Crippen LogP contribution in [0, 0.1) is 6.92 Å². The zero-order valence-electron chi connectivity index (χ0n) is 13.7. The van der Waals surface area contributed by atoms with Crippen LogP contribution in [0.4, 0.5) is 0 Å². The van der Waals surface area contributed by atoms with Crippen molar-refractivity contribution in [2.45, 2.75) is 46.1 Å². The van der Waals surface area contributed by atoms with E-state index in [4.69, 9.17) is 9.47 Å². The first-order valence-electron chi connectivity index (χ1n) is 8.16. The van der Waals surface area contributed by atoms with Crippen LogP contribution in [0.3, 0.4) is 0 Å². The smallest absolute Gasteiger partial charge is 0.131 e. The molecule has 0 aliphatic carbocycles. The molecular formula is C20H24O2. The number of unbranched alkanes of at least 4 members (excludes halogenated alkanes) is 2. The SMILES string of the molecule is CCCCCc1cc(OC)c2c(c1)OCc1ccc(C)cc1-2. The van der Waals surface area contributed by atoms with Crippen molar-refractivity contribution < 1.29 is 9.47 Å². The summed E-state index contributed by atoms with van der Waals surface area (Å²) in [6.45, 7) is 5.00. The van der Waals surface area contributed by atoms with Gasteiger partial charge in [-0.2, -0.15) is 0 Å². The van der Waals surface area contributed by atoms with Gasteiger partial charge in [0.1, 0.15) is 18.1 Å². The fraction of sp³-hybridized carbons (Fsp3) is 0.400. The molecule has 1 aliphatic rings. The normalized spacial score (nSPS) is 12.3. The highest BCUT2D eigenvalue weighted by atomic mass is 16.5. The first-order chi connectivity index (χ1) is 10.7. The molecule has 2 nitrogen and oxygen atoms in total. The molecule has 0 saturated heterocycles. The number of benzene rings is 2. The predicted octanol–water partition coefficient (Wildman–Crippen LogP) is 5.30. The zero-order valence-corrected chi connectivity index (χ0v) is 13.7. The van der Waals surface area contributed by atoms with Crippen LogP contribution in [0.2, 0.25) is 0 Å². The molecular weight excluding hydrogens is 272 g/mol. The number of methoxy groups -OCH3 is 1. The van der Waals surface area contributed by atoms with Crippen molar-refractivity contribution in [2.75, 3.05) is 7.11 Å². The van der Waals surface area contributed by atoms with E-state index in [0.717, 1.165) is 23.5 Å². The number of hydrogen-bond donors (Lipinski definition) is 0. The van der Waals surface area contributed by atoms with Crippen molar-refractivity contribution in [1.82, 2.24) is 0 Å². The van der Waals surface area contributed by atoms with E-state index in [2.05, 4.69) is 44.2 Å². The second kappa shape index (κ2) is 6.43. The van der Waals surface area contributed by atoms with Crippen molar-refractivity contribution in [3.8, 4) is 22.6 Å². The largest absolute Gasteiger partial charge is 0.496 e. The van der Waals surface area contributed by atoms with Gasteiger partial charge in [0, 0.05) is 0 Å². The Kier molecular flexibility index (Phi) is 4.37. The highest BCUT2D eigenvalue weighted by Gasteiger charge is 2.22.